The van der Waals surface area contributed by atoms with Gasteiger partial charge < -0.3 is 4.74 Å². The summed E-state index contributed by atoms with van der Waals surface area (Å²) in [5.41, 5.74) is 6.08. The van der Waals surface area contributed by atoms with Crippen LogP contribution in [0.15, 0.2) is 65.8 Å². The van der Waals surface area contributed by atoms with Crippen LogP contribution < -0.4 is 9.46 Å². The van der Waals surface area contributed by atoms with E-state index in [9.17, 15) is 8.42 Å². The first-order valence-corrected chi connectivity index (χ1v) is 13.6. The van der Waals surface area contributed by atoms with Gasteiger partial charge in [-0.3, -0.25) is 9.58 Å². The molecule has 0 aliphatic carbocycles. The summed E-state index contributed by atoms with van der Waals surface area (Å²) >= 11 is 0. The van der Waals surface area contributed by atoms with Crippen LogP contribution in [-0.2, 0) is 23.6 Å². The normalized spacial score (nSPS) is 14.4. The highest BCUT2D eigenvalue weighted by Crippen LogP contribution is 2.30. The van der Waals surface area contributed by atoms with Crippen molar-refractivity contribution in [3.05, 3.63) is 83.2 Å². The van der Waals surface area contributed by atoms with Crippen molar-refractivity contribution < 1.29 is 13.2 Å². The highest BCUT2D eigenvalue weighted by molar-refractivity contribution is 7.92. The van der Waals surface area contributed by atoms with Gasteiger partial charge in [0.15, 0.2) is 0 Å². The molecule has 0 radical (unpaired) electrons. The Kier molecular flexibility index (Phi) is 6.70. The van der Waals surface area contributed by atoms with Gasteiger partial charge in [-0.2, -0.15) is 10.1 Å². The summed E-state index contributed by atoms with van der Waals surface area (Å²) in [4.78, 5) is 11.3. The van der Waals surface area contributed by atoms with E-state index < -0.39 is 10.0 Å². The Hall–Kier alpha value is -3.76. The number of sulfonamides is 1. The molecular formula is C27H30N6O3S. The van der Waals surface area contributed by atoms with Gasteiger partial charge in [0.1, 0.15) is 11.0 Å². The SMILES string of the molecule is Cc1ccc(CN2CC(Oc3cc(-c4c(C)cccc4C)nc(NS(=O)(=O)c4cnn(C)c4)n3)C2)cc1. The Bertz CT molecular complexity index is 1510. The molecule has 0 saturated carbocycles. The molecule has 37 heavy (non-hydrogen) atoms. The number of hydrogen-bond donors (Lipinski definition) is 1. The third-order valence-corrected chi connectivity index (χ3v) is 7.68. The predicted molar refractivity (Wildman–Crippen MR) is 142 cm³/mol. The maximum Gasteiger partial charge on any atom is 0.267 e. The summed E-state index contributed by atoms with van der Waals surface area (Å²) in [6, 6.07) is 16.3. The topological polar surface area (TPSA) is 102 Å². The number of benzene rings is 2. The molecule has 0 unspecified atom stereocenters. The molecule has 4 aromatic rings. The zero-order chi connectivity index (χ0) is 26.2. The number of aromatic nitrogens is 4. The Morgan fingerprint density at radius 1 is 1.03 bits per heavy atom. The highest BCUT2D eigenvalue weighted by Gasteiger charge is 2.29. The van der Waals surface area contributed by atoms with Crippen LogP contribution in [0.3, 0.4) is 0 Å². The van der Waals surface area contributed by atoms with E-state index in [0.717, 1.165) is 36.3 Å². The Morgan fingerprint density at radius 2 is 1.73 bits per heavy atom. The van der Waals surface area contributed by atoms with Crippen LogP contribution in [0.2, 0.25) is 0 Å². The quantitative estimate of drug-likeness (QED) is 0.378. The summed E-state index contributed by atoms with van der Waals surface area (Å²) < 4.78 is 36.0. The lowest BCUT2D eigenvalue weighted by Crippen LogP contribution is -2.53. The number of hydrogen-bond acceptors (Lipinski definition) is 7. The molecule has 0 atom stereocenters. The van der Waals surface area contributed by atoms with Gasteiger partial charge in [0.05, 0.1) is 11.9 Å². The second-order valence-corrected chi connectivity index (χ2v) is 11.2. The Labute approximate surface area is 217 Å². The standard InChI is InChI=1S/C27H30N6O3S/c1-18-8-10-21(11-9-18)14-33-15-22(16-33)36-25-12-24(26-19(2)6-5-7-20(26)3)29-27(30-25)31-37(34,35)23-13-28-32(4)17-23/h5-13,17,22H,14-16H2,1-4H3,(H,29,30,31). The third-order valence-electron chi connectivity index (χ3n) is 6.39. The molecule has 2 aromatic carbocycles. The predicted octanol–water partition coefficient (Wildman–Crippen LogP) is 3.87. The number of aryl methyl sites for hydroxylation is 4. The van der Waals surface area contributed by atoms with E-state index in [1.54, 1.807) is 13.1 Å². The molecule has 1 aliphatic rings. The Balaban J connectivity index is 1.38. The minimum atomic E-state index is -3.92. The van der Waals surface area contributed by atoms with Crippen molar-refractivity contribution in [1.29, 1.82) is 0 Å². The van der Waals surface area contributed by atoms with Crippen LogP contribution in [0.25, 0.3) is 11.3 Å². The summed E-state index contributed by atoms with van der Waals surface area (Å²) in [6.07, 6.45) is 2.66. The second kappa shape index (κ2) is 9.95. The minimum Gasteiger partial charge on any atom is -0.471 e. The van der Waals surface area contributed by atoms with Crippen LogP contribution in [0.4, 0.5) is 5.95 Å². The fourth-order valence-corrected chi connectivity index (χ4v) is 5.37. The fraction of sp³-hybridized carbons (Fsp3) is 0.296. The van der Waals surface area contributed by atoms with E-state index in [1.165, 1.54) is 28.2 Å². The molecule has 0 amide bonds. The van der Waals surface area contributed by atoms with Gasteiger partial charge in [-0.25, -0.2) is 18.1 Å². The maximum atomic E-state index is 12.9. The summed E-state index contributed by atoms with van der Waals surface area (Å²) in [5, 5.41) is 3.96. The fourth-order valence-electron chi connectivity index (χ4n) is 4.44. The molecule has 3 heterocycles. The monoisotopic (exact) mass is 518 g/mol. The smallest absolute Gasteiger partial charge is 0.267 e. The summed E-state index contributed by atoms with van der Waals surface area (Å²) in [7, 11) is -2.26. The zero-order valence-electron chi connectivity index (χ0n) is 21.3. The van der Waals surface area contributed by atoms with Crippen LogP contribution in [0.5, 0.6) is 5.88 Å². The molecule has 1 aliphatic heterocycles. The lowest BCUT2D eigenvalue weighted by atomic mass is 10.00. The first kappa shape index (κ1) is 24.9. The summed E-state index contributed by atoms with van der Waals surface area (Å²) in [5.74, 6) is 0.284. The average molecular weight is 519 g/mol. The number of rotatable bonds is 8. The van der Waals surface area contributed by atoms with Gasteiger partial charge in [0.25, 0.3) is 10.0 Å². The van der Waals surface area contributed by atoms with E-state index in [4.69, 9.17) is 4.74 Å². The molecule has 10 heteroatoms. The van der Waals surface area contributed by atoms with Gasteiger partial charge in [-0.1, -0.05) is 48.0 Å². The van der Waals surface area contributed by atoms with Gasteiger partial charge in [-0.05, 0) is 37.5 Å². The molecular weight excluding hydrogens is 488 g/mol. The number of likely N-dealkylation sites (tertiary alicyclic amines) is 1. The molecule has 9 nitrogen and oxygen atoms in total. The van der Waals surface area contributed by atoms with E-state index in [2.05, 4.69) is 55.9 Å². The first-order chi connectivity index (χ1) is 17.7. The molecule has 192 valence electrons. The van der Waals surface area contributed by atoms with Crippen molar-refractivity contribution in [2.45, 2.75) is 38.3 Å². The number of nitrogens with zero attached hydrogens (tertiary/aromatic N) is 5. The molecule has 0 bridgehead atoms. The van der Waals surface area contributed by atoms with Crippen molar-refractivity contribution in [2.24, 2.45) is 7.05 Å². The number of ether oxygens (including phenoxy) is 1. The Morgan fingerprint density at radius 3 is 2.38 bits per heavy atom. The first-order valence-electron chi connectivity index (χ1n) is 12.1. The van der Waals surface area contributed by atoms with Crippen molar-refractivity contribution in [3.8, 4) is 17.1 Å². The van der Waals surface area contributed by atoms with Crippen molar-refractivity contribution in [1.82, 2.24) is 24.6 Å². The van der Waals surface area contributed by atoms with Crippen LogP contribution in [-0.4, -0.2) is 52.3 Å². The van der Waals surface area contributed by atoms with E-state index in [-0.39, 0.29) is 16.9 Å². The maximum absolute atomic E-state index is 12.9. The number of nitrogens with one attached hydrogen (secondary N) is 1. The van der Waals surface area contributed by atoms with Gasteiger partial charge in [-0.15, -0.1) is 0 Å². The molecule has 1 saturated heterocycles. The van der Waals surface area contributed by atoms with Crippen LogP contribution in [0.1, 0.15) is 22.3 Å². The largest absolute Gasteiger partial charge is 0.471 e. The van der Waals surface area contributed by atoms with Gasteiger partial charge in [0, 0.05) is 44.5 Å². The van der Waals surface area contributed by atoms with E-state index >= 15 is 0 Å². The van der Waals surface area contributed by atoms with Crippen molar-refractivity contribution >= 4 is 16.0 Å². The molecule has 1 fully saturated rings. The molecule has 5 rings (SSSR count). The van der Waals surface area contributed by atoms with Crippen LogP contribution >= 0.6 is 0 Å². The third kappa shape index (κ3) is 5.65. The molecule has 0 spiro atoms. The summed E-state index contributed by atoms with van der Waals surface area (Å²) in [6.45, 7) is 8.45. The molecule has 1 N–H and O–H groups in total. The second-order valence-electron chi connectivity index (χ2n) is 9.56. The van der Waals surface area contributed by atoms with Gasteiger partial charge in [0.2, 0.25) is 11.8 Å². The lowest BCUT2D eigenvalue weighted by molar-refractivity contribution is 0.0119. The van der Waals surface area contributed by atoms with E-state index in [1.807, 2.05) is 32.0 Å². The zero-order valence-corrected chi connectivity index (χ0v) is 22.2. The molecule has 2 aromatic heterocycles. The van der Waals surface area contributed by atoms with Crippen LogP contribution in [0, 0.1) is 20.8 Å². The highest BCUT2D eigenvalue weighted by atomic mass is 32.2. The number of anilines is 1. The van der Waals surface area contributed by atoms with Crippen molar-refractivity contribution in [2.75, 3.05) is 17.8 Å². The van der Waals surface area contributed by atoms with Gasteiger partial charge >= 0.3 is 0 Å². The lowest BCUT2D eigenvalue weighted by Gasteiger charge is -2.38. The van der Waals surface area contributed by atoms with Crippen molar-refractivity contribution in [3.63, 3.8) is 0 Å². The average Bonchev–Trinajstić information content (AvgIpc) is 3.26. The minimum absolute atomic E-state index is 0.0317. The van der Waals surface area contributed by atoms with E-state index in [0.29, 0.717) is 11.6 Å².